The molecule has 0 aliphatic heterocycles. The van der Waals surface area contributed by atoms with Gasteiger partial charge in [-0.2, -0.15) is 0 Å². The molecule has 0 aliphatic carbocycles. The molecule has 1 atom stereocenters. The summed E-state index contributed by atoms with van der Waals surface area (Å²) in [5.41, 5.74) is 3.31. The lowest BCUT2D eigenvalue weighted by molar-refractivity contribution is 0.564. The summed E-state index contributed by atoms with van der Waals surface area (Å²) in [4.78, 5) is 0. The molecule has 2 aromatic rings. The van der Waals surface area contributed by atoms with Crippen LogP contribution in [0.1, 0.15) is 29.7 Å². The lowest BCUT2D eigenvalue weighted by Gasteiger charge is -2.15. The molecule has 100 valence electrons. The third kappa shape index (κ3) is 3.79. The van der Waals surface area contributed by atoms with Crippen LogP contribution in [0.2, 0.25) is 5.02 Å². The summed E-state index contributed by atoms with van der Waals surface area (Å²) in [6, 6.07) is 12.6. The van der Waals surface area contributed by atoms with Crippen LogP contribution in [0.3, 0.4) is 0 Å². The Morgan fingerprint density at radius 3 is 2.68 bits per heavy atom. The Balaban J connectivity index is 2.02. The largest absolute Gasteiger partial charge is 0.306 e. The van der Waals surface area contributed by atoms with Crippen LogP contribution >= 0.6 is 11.6 Å². The number of rotatable bonds is 4. The molecule has 0 saturated carbocycles. The molecule has 0 saturated heterocycles. The maximum Gasteiger partial charge on any atom is 0.123 e. The van der Waals surface area contributed by atoms with Crippen LogP contribution in [0.25, 0.3) is 0 Å². The molecule has 0 aliphatic rings. The predicted octanol–water partition coefficient (Wildman–Crippen LogP) is 4.64. The van der Waals surface area contributed by atoms with Gasteiger partial charge in [-0.1, -0.05) is 29.8 Å². The van der Waals surface area contributed by atoms with Crippen molar-refractivity contribution in [2.75, 3.05) is 0 Å². The molecule has 0 bridgehead atoms. The molecule has 1 N–H and O–H groups in total. The SMILES string of the molecule is Cc1cc(Cl)ccc1CNC(C)c1cccc(F)c1. The van der Waals surface area contributed by atoms with E-state index in [0.717, 1.165) is 22.7 Å². The molecule has 1 nitrogen and oxygen atoms in total. The van der Waals surface area contributed by atoms with Gasteiger partial charge < -0.3 is 5.32 Å². The van der Waals surface area contributed by atoms with E-state index in [4.69, 9.17) is 11.6 Å². The van der Waals surface area contributed by atoms with E-state index in [-0.39, 0.29) is 11.9 Å². The average Bonchev–Trinajstić information content (AvgIpc) is 2.37. The highest BCUT2D eigenvalue weighted by atomic mass is 35.5. The summed E-state index contributed by atoms with van der Waals surface area (Å²) < 4.78 is 13.2. The van der Waals surface area contributed by atoms with Gasteiger partial charge in [0.15, 0.2) is 0 Å². The smallest absolute Gasteiger partial charge is 0.123 e. The summed E-state index contributed by atoms with van der Waals surface area (Å²) >= 11 is 5.93. The van der Waals surface area contributed by atoms with Gasteiger partial charge in [-0.15, -0.1) is 0 Å². The first-order chi connectivity index (χ1) is 9.06. The van der Waals surface area contributed by atoms with Crippen LogP contribution in [-0.2, 0) is 6.54 Å². The van der Waals surface area contributed by atoms with E-state index >= 15 is 0 Å². The van der Waals surface area contributed by atoms with E-state index in [9.17, 15) is 4.39 Å². The summed E-state index contributed by atoms with van der Waals surface area (Å²) in [7, 11) is 0. The molecule has 0 spiro atoms. The highest BCUT2D eigenvalue weighted by Crippen LogP contribution is 2.17. The maximum atomic E-state index is 13.2. The second-order valence-corrected chi connectivity index (χ2v) is 5.16. The number of halogens is 2. The topological polar surface area (TPSA) is 12.0 Å². The molecule has 0 amide bonds. The Bertz CT molecular complexity index is 568. The second-order valence-electron chi connectivity index (χ2n) is 4.73. The minimum absolute atomic E-state index is 0.103. The minimum Gasteiger partial charge on any atom is -0.306 e. The van der Waals surface area contributed by atoms with Crippen LogP contribution in [-0.4, -0.2) is 0 Å². The van der Waals surface area contributed by atoms with Gasteiger partial charge in [-0.05, 0) is 54.8 Å². The lowest BCUT2D eigenvalue weighted by atomic mass is 10.1. The Morgan fingerprint density at radius 2 is 2.00 bits per heavy atom. The third-order valence-electron chi connectivity index (χ3n) is 3.25. The maximum absolute atomic E-state index is 13.2. The zero-order chi connectivity index (χ0) is 13.8. The van der Waals surface area contributed by atoms with Crippen molar-refractivity contribution in [1.82, 2.24) is 5.32 Å². The van der Waals surface area contributed by atoms with Gasteiger partial charge in [-0.25, -0.2) is 4.39 Å². The summed E-state index contributed by atoms with van der Waals surface area (Å²) in [6.07, 6.45) is 0. The minimum atomic E-state index is -0.200. The van der Waals surface area contributed by atoms with Crippen molar-refractivity contribution in [1.29, 1.82) is 0 Å². The number of nitrogens with one attached hydrogen (secondary N) is 1. The fraction of sp³-hybridized carbons (Fsp3) is 0.250. The first kappa shape index (κ1) is 14.0. The highest BCUT2D eigenvalue weighted by molar-refractivity contribution is 6.30. The molecule has 3 heteroatoms. The van der Waals surface area contributed by atoms with E-state index in [1.54, 1.807) is 12.1 Å². The monoisotopic (exact) mass is 277 g/mol. The summed E-state index contributed by atoms with van der Waals surface area (Å²) in [5.74, 6) is -0.200. The summed E-state index contributed by atoms with van der Waals surface area (Å²) in [6.45, 7) is 4.80. The first-order valence-corrected chi connectivity index (χ1v) is 6.68. The molecule has 0 heterocycles. The van der Waals surface area contributed by atoms with E-state index in [2.05, 4.69) is 5.32 Å². The van der Waals surface area contributed by atoms with Gasteiger partial charge in [0.05, 0.1) is 0 Å². The molecule has 0 aromatic heterocycles. The lowest BCUT2D eigenvalue weighted by Crippen LogP contribution is -2.18. The molecule has 1 unspecified atom stereocenters. The van der Waals surface area contributed by atoms with Gasteiger partial charge in [0.1, 0.15) is 5.82 Å². The van der Waals surface area contributed by atoms with Crippen molar-refractivity contribution in [3.05, 3.63) is 70.0 Å². The van der Waals surface area contributed by atoms with Crippen molar-refractivity contribution in [3.63, 3.8) is 0 Å². The van der Waals surface area contributed by atoms with Crippen LogP contribution in [0.5, 0.6) is 0 Å². The van der Waals surface area contributed by atoms with Gasteiger partial charge in [0, 0.05) is 17.6 Å². The number of hydrogen-bond donors (Lipinski definition) is 1. The van der Waals surface area contributed by atoms with Gasteiger partial charge >= 0.3 is 0 Å². The van der Waals surface area contributed by atoms with Gasteiger partial charge in [-0.3, -0.25) is 0 Å². The number of hydrogen-bond acceptors (Lipinski definition) is 1. The van der Waals surface area contributed by atoms with Crippen LogP contribution in [0, 0.1) is 12.7 Å². The van der Waals surface area contributed by atoms with Crippen molar-refractivity contribution >= 4 is 11.6 Å². The fourth-order valence-electron chi connectivity index (χ4n) is 2.01. The van der Waals surface area contributed by atoms with E-state index in [1.165, 1.54) is 11.6 Å². The van der Waals surface area contributed by atoms with Gasteiger partial charge in [0.2, 0.25) is 0 Å². The quantitative estimate of drug-likeness (QED) is 0.858. The average molecular weight is 278 g/mol. The second kappa shape index (κ2) is 6.18. The molecular weight excluding hydrogens is 261 g/mol. The zero-order valence-corrected chi connectivity index (χ0v) is 11.8. The summed E-state index contributed by atoms with van der Waals surface area (Å²) in [5, 5.41) is 4.14. The number of benzene rings is 2. The fourth-order valence-corrected chi connectivity index (χ4v) is 2.24. The van der Waals surface area contributed by atoms with Crippen molar-refractivity contribution in [2.45, 2.75) is 26.4 Å². The molecule has 19 heavy (non-hydrogen) atoms. The van der Waals surface area contributed by atoms with Gasteiger partial charge in [0.25, 0.3) is 0 Å². The molecule has 2 aromatic carbocycles. The van der Waals surface area contributed by atoms with E-state index in [1.807, 2.05) is 38.1 Å². The number of aryl methyl sites for hydroxylation is 1. The Labute approximate surface area is 118 Å². The van der Waals surface area contributed by atoms with Crippen molar-refractivity contribution < 1.29 is 4.39 Å². The molecule has 0 radical (unpaired) electrons. The molecule has 2 rings (SSSR count). The van der Waals surface area contributed by atoms with Crippen LogP contribution in [0.4, 0.5) is 4.39 Å². The van der Waals surface area contributed by atoms with Crippen molar-refractivity contribution in [3.8, 4) is 0 Å². The third-order valence-corrected chi connectivity index (χ3v) is 3.49. The highest BCUT2D eigenvalue weighted by Gasteiger charge is 2.06. The Morgan fingerprint density at radius 1 is 1.21 bits per heavy atom. The standard InChI is InChI=1S/C16H17ClFN/c1-11-8-15(17)7-6-14(11)10-19-12(2)13-4-3-5-16(18)9-13/h3-9,12,19H,10H2,1-2H3. The Hall–Kier alpha value is -1.38. The molecular formula is C16H17ClFN. The normalized spacial score (nSPS) is 12.4. The van der Waals surface area contributed by atoms with E-state index in [0.29, 0.717) is 0 Å². The first-order valence-electron chi connectivity index (χ1n) is 6.30. The van der Waals surface area contributed by atoms with Crippen LogP contribution in [0.15, 0.2) is 42.5 Å². The Kier molecular flexibility index (Phi) is 4.56. The van der Waals surface area contributed by atoms with E-state index < -0.39 is 0 Å². The predicted molar refractivity (Wildman–Crippen MR) is 77.8 cm³/mol. The van der Waals surface area contributed by atoms with Crippen LogP contribution < -0.4 is 5.32 Å². The van der Waals surface area contributed by atoms with Crippen molar-refractivity contribution in [2.24, 2.45) is 0 Å². The molecule has 0 fully saturated rings. The zero-order valence-electron chi connectivity index (χ0n) is 11.1.